The molecule has 4 rings (SSSR count). The molecule has 0 saturated heterocycles. The van der Waals surface area contributed by atoms with Gasteiger partial charge in [-0.1, -0.05) is 41.9 Å². The molecule has 0 amide bonds. The van der Waals surface area contributed by atoms with Crippen LogP contribution in [0.5, 0.6) is 0 Å². The van der Waals surface area contributed by atoms with Crippen LogP contribution in [0.15, 0.2) is 53.2 Å². The number of benzene rings is 1. The Kier molecular flexibility index (Phi) is 2.32. The van der Waals surface area contributed by atoms with Gasteiger partial charge in [-0.3, -0.25) is 0 Å². The van der Waals surface area contributed by atoms with Gasteiger partial charge in [0.05, 0.1) is 4.88 Å². The lowest BCUT2D eigenvalue weighted by Crippen LogP contribution is -2.50. The minimum absolute atomic E-state index is 0.287. The zero-order valence-electron chi connectivity index (χ0n) is 9.59. The summed E-state index contributed by atoms with van der Waals surface area (Å²) in [5.74, 6) is 0. The Morgan fingerprint density at radius 1 is 0.833 bits per heavy atom. The first-order valence-electron chi connectivity index (χ1n) is 5.90. The van der Waals surface area contributed by atoms with Crippen molar-refractivity contribution in [1.29, 1.82) is 0 Å². The molecule has 86 valence electrons. The van der Waals surface area contributed by atoms with E-state index in [1.54, 1.807) is 0 Å². The summed E-state index contributed by atoms with van der Waals surface area (Å²) in [6, 6.07) is 15.1. The largest absolute Gasteiger partial charge is 0.419 e. The third-order valence-corrected chi connectivity index (χ3v) is 5.32. The third kappa shape index (κ3) is 1.46. The molecule has 1 aliphatic rings. The Morgan fingerprint density at radius 2 is 1.61 bits per heavy atom. The molecule has 0 radical (unpaired) electrons. The van der Waals surface area contributed by atoms with Gasteiger partial charge in [-0.05, 0) is 22.3 Å². The van der Waals surface area contributed by atoms with E-state index in [1.807, 2.05) is 22.7 Å². The molecule has 18 heavy (non-hydrogen) atoms. The Balaban J connectivity index is 1.90. The lowest BCUT2D eigenvalue weighted by atomic mass is 9.49. The molecular weight excluding hydrogens is 257 g/mol. The molecule has 0 atom stereocenters. The van der Waals surface area contributed by atoms with Crippen molar-refractivity contribution in [2.24, 2.45) is 0 Å². The Morgan fingerprint density at radius 3 is 2.50 bits per heavy atom. The molecule has 0 fully saturated rings. The minimum Gasteiger partial charge on any atom is -0.419 e. The molecule has 3 heterocycles. The maximum absolute atomic E-state index is 3.65. The number of fused-ring (bicyclic) bond motifs is 3. The van der Waals surface area contributed by atoms with Crippen LogP contribution in [0.4, 0.5) is 5.69 Å². The zero-order valence-corrected chi connectivity index (χ0v) is 11.2. The van der Waals surface area contributed by atoms with Crippen molar-refractivity contribution in [3.05, 3.63) is 53.2 Å². The topological polar surface area (TPSA) is 12.0 Å². The fraction of sp³-hybridized carbons (Fsp3) is 0. The van der Waals surface area contributed by atoms with Crippen molar-refractivity contribution in [2.75, 3.05) is 5.23 Å². The lowest BCUT2D eigenvalue weighted by Gasteiger charge is -2.22. The Bertz CT molecular complexity index is 687. The van der Waals surface area contributed by atoms with E-state index in [4.69, 9.17) is 0 Å². The predicted octanol–water partition coefficient (Wildman–Crippen LogP) is 3.01. The molecule has 1 N–H and O–H groups in total. The molecule has 2 aromatic heterocycles. The fourth-order valence-electron chi connectivity index (χ4n) is 2.47. The van der Waals surface area contributed by atoms with Crippen LogP contribution in [0.2, 0.25) is 0 Å². The van der Waals surface area contributed by atoms with Crippen LogP contribution in [0.1, 0.15) is 0 Å². The fourth-order valence-corrected chi connectivity index (χ4v) is 4.47. The van der Waals surface area contributed by atoms with Crippen LogP contribution in [0, 0.1) is 0 Å². The number of anilines is 1. The van der Waals surface area contributed by atoms with Gasteiger partial charge in [0.25, 0.3) is 0 Å². The maximum Gasteiger partial charge on any atom is 0.322 e. The molecule has 1 aromatic carbocycles. The Hall–Kier alpha value is -1.52. The predicted molar refractivity (Wildman–Crippen MR) is 82.7 cm³/mol. The van der Waals surface area contributed by atoms with Gasteiger partial charge < -0.3 is 5.23 Å². The van der Waals surface area contributed by atoms with Crippen LogP contribution in [0.25, 0.3) is 9.75 Å². The lowest BCUT2D eigenvalue weighted by molar-refractivity contribution is 1.70. The van der Waals surface area contributed by atoms with Crippen molar-refractivity contribution < 1.29 is 0 Å². The van der Waals surface area contributed by atoms with Gasteiger partial charge in [0.1, 0.15) is 0 Å². The average Bonchev–Trinajstić information content (AvgIpc) is 3.06. The molecule has 0 bridgehead atoms. The third-order valence-electron chi connectivity index (χ3n) is 3.31. The second kappa shape index (κ2) is 4.00. The van der Waals surface area contributed by atoms with Crippen molar-refractivity contribution in [3.63, 3.8) is 0 Å². The first-order valence-corrected chi connectivity index (χ1v) is 7.66. The maximum atomic E-state index is 3.65. The zero-order chi connectivity index (χ0) is 11.9. The second-order valence-corrected chi connectivity index (χ2v) is 6.19. The van der Waals surface area contributed by atoms with E-state index in [9.17, 15) is 0 Å². The van der Waals surface area contributed by atoms with E-state index in [1.165, 1.54) is 26.4 Å². The highest BCUT2D eigenvalue weighted by Gasteiger charge is 2.30. The van der Waals surface area contributed by atoms with Crippen molar-refractivity contribution in [2.45, 2.75) is 0 Å². The van der Waals surface area contributed by atoms with Gasteiger partial charge in [-0.15, -0.1) is 22.7 Å². The normalized spacial score (nSPS) is 12.8. The van der Waals surface area contributed by atoms with E-state index in [2.05, 4.69) is 58.5 Å². The van der Waals surface area contributed by atoms with Gasteiger partial charge in [0.2, 0.25) is 0 Å². The highest BCUT2D eigenvalue weighted by Crippen LogP contribution is 2.38. The summed E-state index contributed by atoms with van der Waals surface area (Å²) >= 11 is 3.66. The van der Waals surface area contributed by atoms with Gasteiger partial charge in [0.15, 0.2) is 0 Å². The highest BCUT2D eigenvalue weighted by molar-refractivity contribution is 7.23. The van der Waals surface area contributed by atoms with Crippen molar-refractivity contribution in [3.8, 4) is 9.75 Å². The number of nitrogens with one attached hydrogen (secondary N) is 1. The minimum atomic E-state index is 0.287. The van der Waals surface area contributed by atoms with E-state index in [0.29, 0.717) is 0 Å². The van der Waals surface area contributed by atoms with E-state index in [-0.39, 0.29) is 6.85 Å². The van der Waals surface area contributed by atoms with Gasteiger partial charge in [-0.25, -0.2) is 0 Å². The van der Waals surface area contributed by atoms with E-state index >= 15 is 0 Å². The molecule has 3 aromatic rings. The summed E-state index contributed by atoms with van der Waals surface area (Å²) in [4.78, 5) is 2.81. The molecule has 0 saturated carbocycles. The summed E-state index contributed by atoms with van der Waals surface area (Å²) in [6.07, 6.45) is 0. The molecule has 4 heteroatoms. The number of thiophene rings is 2. The smallest absolute Gasteiger partial charge is 0.322 e. The highest BCUT2D eigenvalue weighted by atomic mass is 32.1. The SMILES string of the molecule is c1ccc(B2Nc3ccsc3-c3sccc32)cc1. The average molecular weight is 267 g/mol. The monoisotopic (exact) mass is 267 g/mol. The number of hydrogen-bond donors (Lipinski definition) is 1. The van der Waals surface area contributed by atoms with Crippen molar-refractivity contribution >= 4 is 46.1 Å². The first kappa shape index (κ1) is 10.4. The van der Waals surface area contributed by atoms with Gasteiger partial charge >= 0.3 is 6.85 Å². The van der Waals surface area contributed by atoms with Gasteiger partial charge in [0, 0.05) is 10.6 Å². The molecule has 1 nitrogen and oxygen atoms in total. The second-order valence-electron chi connectivity index (χ2n) is 4.36. The quantitative estimate of drug-likeness (QED) is 0.668. The molecule has 0 spiro atoms. The van der Waals surface area contributed by atoms with Gasteiger partial charge in [-0.2, -0.15) is 0 Å². The molecule has 1 aliphatic heterocycles. The first-order chi connectivity index (χ1) is 8.93. The standard InChI is InChI=1S/C14H10BNS2/c1-2-4-10(5-3-1)15-11-6-8-17-13(11)14-12(16-15)7-9-18-14/h1-9,16H. The van der Waals surface area contributed by atoms with Crippen LogP contribution in [-0.4, -0.2) is 6.85 Å². The summed E-state index contributed by atoms with van der Waals surface area (Å²) in [6.45, 7) is 0.287. The van der Waals surface area contributed by atoms with Crippen LogP contribution in [0.3, 0.4) is 0 Å². The van der Waals surface area contributed by atoms with Crippen LogP contribution in [-0.2, 0) is 0 Å². The van der Waals surface area contributed by atoms with E-state index in [0.717, 1.165) is 0 Å². The summed E-state index contributed by atoms with van der Waals surface area (Å²) < 4.78 is 0. The number of hydrogen-bond acceptors (Lipinski definition) is 3. The molecule has 0 aliphatic carbocycles. The summed E-state index contributed by atoms with van der Waals surface area (Å²) in [7, 11) is 0. The molecular formula is C14H10BNS2. The summed E-state index contributed by atoms with van der Waals surface area (Å²) in [5.41, 5.74) is 4.00. The molecule has 0 unspecified atom stereocenters. The number of rotatable bonds is 1. The van der Waals surface area contributed by atoms with Crippen LogP contribution < -0.4 is 16.2 Å². The van der Waals surface area contributed by atoms with Crippen LogP contribution >= 0.6 is 22.7 Å². The Labute approximate surface area is 114 Å². The van der Waals surface area contributed by atoms with E-state index < -0.39 is 0 Å². The van der Waals surface area contributed by atoms with Crippen molar-refractivity contribution in [1.82, 2.24) is 0 Å². The summed E-state index contributed by atoms with van der Waals surface area (Å²) in [5, 5.41) is 8.01.